The molecule has 0 spiro atoms. The number of benzene rings is 2. The second kappa shape index (κ2) is 5.57. The molecule has 0 amide bonds. The van der Waals surface area contributed by atoms with Crippen molar-refractivity contribution in [2.24, 2.45) is 0 Å². The molecule has 0 N–H and O–H groups in total. The number of nitrogens with zero attached hydrogens (tertiary/aromatic N) is 3. The van der Waals surface area contributed by atoms with Crippen LogP contribution in [0.4, 0.5) is 5.69 Å². The number of hydrogen-bond acceptors (Lipinski definition) is 5. The predicted octanol–water partition coefficient (Wildman–Crippen LogP) is 4.29. The van der Waals surface area contributed by atoms with Gasteiger partial charge in [-0.3, -0.25) is 10.1 Å². The molecule has 7 heteroatoms. The largest absolute Gasteiger partial charge is 0.433 e. The zero-order valence-electron chi connectivity index (χ0n) is 11.5. The van der Waals surface area contributed by atoms with E-state index in [1.54, 1.807) is 6.07 Å². The first kappa shape index (κ1) is 14.2. The topological polar surface area (TPSA) is 78.2 Å². The Labute approximate surface area is 130 Å². The summed E-state index contributed by atoms with van der Waals surface area (Å²) in [5.74, 6) is 0.290. The number of rotatable bonds is 3. The molecule has 0 aliphatic heterocycles. The first-order valence-corrected chi connectivity index (χ1v) is 6.77. The molecule has 0 saturated heterocycles. The summed E-state index contributed by atoms with van der Waals surface area (Å²) >= 11 is 5.76. The molecular formula is C15H10ClN3O3. The maximum Gasteiger partial charge on any atom is 0.368 e. The van der Waals surface area contributed by atoms with Crippen molar-refractivity contribution in [1.82, 2.24) is 9.97 Å². The van der Waals surface area contributed by atoms with E-state index in [4.69, 9.17) is 16.3 Å². The minimum Gasteiger partial charge on any atom is -0.433 e. The highest BCUT2D eigenvalue weighted by Gasteiger charge is 2.24. The van der Waals surface area contributed by atoms with Crippen LogP contribution in [0.15, 0.2) is 42.7 Å². The molecule has 1 heterocycles. The number of fused-ring (bicyclic) bond motifs is 1. The molecule has 0 unspecified atom stereocenters. The lowest BCUT2D eigenvalue weighted by molar-refractivity contribution is -0.386. The highest BCUT2D eigenvalue weighted by atomic mass is 35.5. The van der Waals surface area contributed by atoms with E-state index in [2.05, 4.69) is 9.97 Å². The number of ether oxygens (including phenoxy) is 1. The van der Waals surface area contributed by atoms with Gasteiger partial charge in [-0.05, 0) is 23.9 Å². The van der Waals surface area contributed by atoms with E-state index in [0.717, 1.165) is 22.7 Å². The number of hydrogen-bond donors (Lipinski definition) is 0. The minimum absolute atomic E-state index is 0.181. The second-order valence-corrected chi connectivity index (χ2v) is 4.96. The monoisotopic (exact) mass is 315 g/mol. The lowest BCUT2D eigenvalue weighted by Gasteiger charge is -2.10. The average Bonchev–Trinajstić information content (AvgIpc) is 2.50. The van der Waals surface area contributed by atoms with Crippen molar-refractivity contribution < 1.29 is 9.66 Å². The van der Waals surface area contributed by atoms with Crippen LogP contribution >= 0.6 is 11.6 Å². The Morgan fingerprint density at radius 2 is 1.86 bits per heavy atom. The fourth-order valence-electron chi connectivity index (χ4n) is 2.19. The zero-order chi connectivity index (χ0) is 15.7. The summed E-state index contributed by atoms with van der Waals surface area (Å²) < 4.78 is 5.64. The van der Waals surface area contributed by atoms with E-state index in [9.17, 15) is 10.1 Å². The van der Waals surface area contributed by atoms with E-state index < -0.39 is 10.6 Å². The van der Waals surface area contributed by atoms with E-state index in [-0.39, 0.29) is 11.0 Å². The molecule has 2 aromatic carbocycles. The predicted molar refractivity (Wildman–Crippen MR) is 82.5 cm³/mol. The lowest BCUT2D eigenvalue weighted by Crippen LogP contribution is -1.99. The molecule has 22 heavy (non-hydrogen) atoms. The zero-order valence-corrected chi connectivity index (χ0v) is 12.2. The SMILES string of the molecule is Cc1ccc(Oc2ncnc(Cl)c2[N+](=O)[O-])c2ccccc12. The van der Waals surface area contributed by atoms with Crippen LogP contribution in [0.5, 0.6) is 11.6 Å². The van der Waals surface area contributed by atoms with Crippen LogP contribution in [-0.2, 0) is 0 Å². The molecule has 110 valence electrons. The molecule has 0 atom stereocenters. The van der Waals surface area contributed by atoms with Gasteiger partial charge in [0.15, 0.2) is 0 Å². The van der Waals surface area contributed by atoms with E-state index in [0.29, 0.717) is 5.75 Å². The minimum atomic E-state index is -0.659. The van der Waals surface area contributed by atoms with Crippen LogP contribution in [0.1, 0.15) is 5.56 Å². The molecule has 0 saturated carbocycles. The van der Waals surface area contributed by atoms with Crippen molar-refractivity contribution in [2.75, 3.05) is 0 Å². The Kier molecular flexibility index (Phi) is 3.60. The highest BCUT2D eigenvalue weighted by molar-refractivity contribution is 6.31. The second-order valence-electron chi connectivity index (χ2n) is 4.60. The van der Waals surface area contributed by atoms with Gasteiger partial charge in [0.1, 0.15) is 12.1 Å². The fourth-order valence-corrected chi connectivity index (χ4v) is 2.38. The Morgan fingerprint density at radius 1 is 1.14 bits per heavy atom. The Bertz CT molecular complexity index is 883. The lowest BCUT2D eigenvalue weighted by atomic mass is 10.1. The normalized spacial score (nSPS) is 10.6. The van der Waals surface area contributed by atoms with Gasteiger partial charge in [0, 0.05) is 5.39 Å². The third kappa shape index (κ3) is 2.44. The van der Waals surface area contributed by atoms with Crippen LogP contribution in [-0.4, -0.2) is 14.9 Å². The molecule has 1 aromatic heterocycles. The maximum atomic E-state index is 11.1. The van der Waals surface area contributed by atoms with Crippen LogP contribution in [0, 0.1) is 17.0 Å². The molecule has 3 rings (SSSR count). The number of aryl methyl sites for hydroxylation is 1. The summed E-state index contributed by atoms with van der Waals surface area (Å²) in [5.41, 5.74) is 0.631. The summed E-state index contributed by atoms with van der Waals surface area (Å²) in [6, 6.07) is 11.3. The highest BCUT2D eigenvalue weighted by Crippen LogP contribution is 2.36. The van der Waals surface area contributed by atoms with Gasteiger partial charge in [0.05, 0.1) is 4.92 Å². The van der Waals surface area contributed by atoms with Crippen LogP contribution in [0.25, 0.3) is 10.8 Å². The van der Waals surface area contributed by atoms with E-state index >= 15 is 0 Å². The van der Waals surface area contributed by atoms with Gasteiger partial charge >= 0.3 is 11.6 Å². The molecule has 3 aromatic rings. The molecule has 0 bridgehead atoms. The maximum absolute atomic E-state index is 11.1. The third-order valence-electron chi connectivity index (χ3n) is 3.24. The number of halogens is 1. The van der Waals surface area contributed by atoms with Crippen LogP contribution in [0.3, 0.4) is 0 Å². The first-order valence-electron chi connectivity index (χ1n) is 6.39. The number of nitro groups is 1. The van der Waals surface area contributed by atoms with Gasteiger partial charge in [-0.2, -0.15) is 4.98 Å². The van der Waals surface area contributed by atoms with Gasteiger partial charge in [0.25, 0.3) is 0 Å². The first-order chi connectivity index (χ1) is 10.6. The average molecular weight is 316 g/mol. The summed E-state index contributed by atoms with van der Waals surface area (Å²) in [4.78, 5) is 17.9. The summed E-state index contributed by atoms with van der Waals surface area (Å²) in [5, 5.41) is 12.7. The third-order valence-corrected chi connectivity index (χ3v) is 3.51. The molecule has 0 radical (unpaired) electrons. The van der Waals surface area contributed by atoms with Crippen LogP contribution < -0.4 is 4.74 Å². The van der Waals surface area contributed by atoms with Gasteiger partial charge < -0.3 is 4.74 Å². The summed E-state index contributed by atoms with van der Waals surface area (Å²) in [7, 11) is 0. The molecule has 0 aliphatic carbocycles. The van der Waals surface area contributed by atoms with Gasteiger partial charge in [0.2, 0.25) is 5.15 Å². The van der Waals surface area contributed by atoms with Crippen molar-refractivity contribution >= 4 is 28.1 Å². The molecule has 0 fully saturated rings. The van der Waals surface area contributed by atoms with E-state index in [1.807, 2.05) is 37.3 Å². The van der Waals surface area contributed by atoms with Crippen LogP contribution in [0.2, 0.25) is 5.15 Å². The Morgan fingerprint density at radius 3 is 2.59 bits per heavy atom. The van der Waals surface area contributed by atoms with Crippen molar-refractivity contribution in [2.45, 2.75) is 6.92 Å². The molecule has 0 aliphatic rings. The quantitative estimate of drug-likeness (QED) is 0.409. The molecule has 6 nitrogen and oxygen atoms in total. The van der Waals surface area contributed by atoms with Gasteiger partial charge in [-0.1, -0.05) is 41.9 Å². The standard InChI is InChI=1S/C15H10ClN3O3/c1-9-6-7-12(11-5-3-2-4-10(9)11)22-15-13(19(20)21)14(16)17-8-18-15/h2-8H,1H3. The Balaban J connectivity index is 2.14. The Hall–Kier alpha value is -2.73. The van der Waals surface area contributed by atoms with Crippen molar-refractivity contribution in [3.8, 4) is 11.6 Å². The van der Waals surface area contributed by atoms with Crippen molar-refractivity contribution in [3.63, 3.8) is 0 Å². The van der Waals surface area contributed by atoms with Crippen molar-refractivity contribution in [1.29, 1.82) is 0 Å². The summed E-state index contributed by atoms with van der Waals surface area (Å²) in [6.07, 6.45) is 1.13. The smallest absolute Gasteiger partial charge is 0.368 e. The molecular weight excluding hydrogens is 306 g/mol. The number of aromatic nitrogens is 2. The van der Waals surface area contributed by atoms with Gasteiger partial charge in [-0.25, -0.2) is 4.98 Å². The fraction of sp³-hybridized carbons (Fsp3) is 0.0667. The van der Waals surface area contributed by atoms with Gasteiger partial charge in [-0.15, -0.1) is 0 Å². The van der Waals surface area contributed by atoms with E-state index in [1.165, 1.54) is 0 Å². The van der Waals surface area contributed by atoms with Crippen molar-refractivity contribution in [3.05, 3.63) is 63.6 Å². The summed E-state index contributed by atoms with van der Waals surface area (Å²) in [6.45, 7) is 1.98.